The average molecular weight is 473 g/mol. The van der Waals surface area contributed by atoms with Gasteiger partial charge >= 0.3 is 0 Å². The molecule has 2 aromatic carbocycles. The third-order valence-electron chi connectivity index (χ3n) is 3.80. The molecule has 0 atom stereocenters. The molecule has 0 saturated heterocycles. The summed E-state index contributed by atoms with van der Waals surface area (Å²) in [4.78, 5) is 16.5. The maximum absolute atomic E-state index is 13.1. The second-order valence-corrected chi connectivity index (χ2v) is 8.64. The lowest BCUT2D eigenvalue weighted by molar-refractivity contribution is -0.119. The zero-order chi connectivity index (χ0) is 20.7. The van der Waals surface area contributed by atoms with Crippen LogP contribution in [0, 0.1) is 0 Å². The maximum atomic E-state index is 13.1. The first-order chi connectivity index (χ1) is 14.0. The van der Waals surface area contributed by atoms with Gasteiger partial charge in [0.1, 0.15) is 12.4 Å². The minimum absolute atomic E-state index is 0.0665. The summed E-state index contributed by atoms with van der Waals surface area (Å²) >= 11 is 3.34. The lowest BCUT2D eigenvalue weighted by Gasteiger charge is -2.22. The normalized spacial score (nSPS) is 11.3. The number of hydrogen-bond donors (Lipinski definition) is 1. The van der Waals surface area contributed by atoms with E-state index < -0.39 is 22.5 Å². The summed E-state index contributed by atoms with van der Waals surface area (Å²) in [5, 5.41) is 3.89. The highest BCUT2D eigenvalue weighted by Crippen LogP contribution is 2.21. The van der Waals surface area contributed by atoms with Crippen LogP contribution in [0.1, 0.15) is 5.56 Å². The van der Waals surface area contributed by atoms with Crippen molar-refractivity contribution >= 4 is 43.9 Å². The van der Waals surface area contributed by atoms with Gasteiger partial charge in [0.2, 0.25) is 0 Å². The van der Waals surface area contributed by atoms with Gasteiger partial charge in [0.15, 0.2) is 0 Å². The first kappa shape index (κ1) is 20.7. The van der Waals surface area contributed by atoms with E-state index in [1.54, 1.807) is 30.3 Å². The number of nitrogens with zero attached hydrogens (tertiary/aromatic N) is 3. The van der Waals surface area contributed by atoms with Crippen LogP contribution in [0.5, 0.6) is 0 Å². The lowest BCUT2D eigenvalue weighted by Crippen LogP contribution is -2.40. The maximum Gasteiger partial charge on any atom is 0.265 e. The number of nitrogens with one attached hydrogen (secondary N) is 1. The molecule has 0 radical (unpaired) electrons. The molecule has 0 aliphatic heterocycles. The summed E-state index contributed by atoms with van der Waals surface area (Å²) in [6.07, 6.45) is 2.94. The molecular formula is C20H17BrN4O3S. The summed E-state index contributed by atoms with van der Waals surface area (Å²) in [5.41, 5.74) is 3.14. The van der Waals surface area contributed by atoms with Crippen LogP contribution in [0.15, 0.2) is 93.5 Å². The van der Waals surface area contributed by atoms with E-state index in [9.17, 15) is 13.2 Å². The van der Waals surface area contributed by atoms with Gasteiger partial charge in [0.05, 0.1) is 11.1 Å². The van der Waals surface area contributed by atoms with Crippen molar-refractivity contribution in [3.8, 4) is 0 Å². The predicted octanol–water partition coefficient (Wildman–Crippen LogP) is 3.19. The van der Waals surface area contributed by atoms with E-state index >= 15 is 0 Å². The molecule has 1 aromatic heterocycles. The number of sulfonamides is 1. The van der Waals surface area contributed by atoms with Crippen molar-refractivity contribution in [1.82, 2.24) is 10.4 Å². The van der Waals surface area contributed by atoms with Crippen LogP contribution in [0.4, 0.5) is 5.82 Å². The van der Waals surface area contributed by atoms with Gasteiger partial charge in [0, 0.05) is 10.7 Å². The number of amides is 1. The van der Waals surface area contributed by atoms with Crippen molar-refractivity contribution in [1.29, 1.82) is 0 Å². The van der Waals surface area contributed by atoms with Crippen LogP contribution in [-0.4, -0.2) is 32.1 Å². The Kier molecular flexibility index (Phi) is 6.73. The van der Waals surface area contributed by atoms with E-state index in [0.717, 1.165) is 14.3 Å². The molecule has 3 rings (SSSR count). The van der Waals surface area contributed by atoms with Crippen LogP contribution in [0.3, 0.4) is 0 Å². The molecule has 0 bridgehead atoms. The molecule has 0 aliphatic carbocycles. The van der Waals surface area contributed by atoms with Crippen molar-refractivity contribution in [2.75, 3.05) is 10.8 Å². The van der Waals surface area contributed by atoms with Gasteiger partial charge in [-0.1, -0.05) is 52.3 Å². The molecule has 0 spiro atoms. The van der Waals surface area contributed by atoms with Crippen molar-refractivity contribution < 1.29 is 13.2 Å². The fourth-order valence-electron chi connectivity index (χ4n) is 2.40. The van der Waals surface area contributed by atoms with Crippen molar-refractivity contribution in [2.45, 2.75) is 4.90 Å². The number of carbonyl (C=O) groups is 1. The monoisotopic (exact) mass is 472 g/mol. The highest BCUT2D eigenvalue weighted by atomic mass is 79.9. The van der Waals surface area contributed by atoms with Gasteiger partial charge < -0.3 is 0 Å². The smallest absolute Gasteiger partial charge is 0.265 e. The molecule has 1 amide bonds. The van der Waals surface area contributed by atoms with Gasteiger partial charge in [-0.25, -0.2) is 23.1 Å². The summed E-state index contributed by atoms with van der Waals surface area (Å²) in [7, 11) is -3.98. The quantitative estimate of drug-likeness (QED) is 0.422. The second kappa shape index (κ2) is 9.44. The lowest BCUT2D eigenvalue weighted by atomic mass is 10.2. The van der Waals surface area contributed by atoms with Crippen molar-refractivity contribution in [2.24, 2.45) is 5.10 Å². The third-order valence-corrected chi connectivity index (χ3v) is 6.09. The Hall–Kier alpha value is -3.04. The Bertz CT molecular complexity index is 1090. The summed E-state index contributed by atoms with van der Waals surface area (Å²) in [5.74, 6) is -0.452. The Morgan fingerprint density at radius 3 is 2.38 bits per heavy atom. The fraction of sp³-hybridized carbons (Fsp3) is 0.0500. The standard InChI is InChI=1S/C20H17BrN4O3S/c21-17-11-9-16(10-12-17)14-23-24-20(26)15-25(19-8-4-5-13-22-19)29(27,28)18-6-2-1-3-7-18/h1-14H,15H2,(H,24,26). The van der Waals surface area contributed by atoms with Crippen LogP contribution in [0.25, 0.3) is 0 Å². The zero-order valence-corrected chi connectivity index (χ0v) is 17.5. The van der Waals surface area contributed by atoms with Crippen molar-refractivity contribution in [3.63, 3.8) is 0 Å². The highest BCUT2D eigenvalue weighted by molar-refractivity contribution is 9.10. The minimum atomic E-state index is -3.98. The highest BCUT2D eigenvalue weighted by Gasteiger charge is 2.27. The number of hydrogen-bond acceptors (Lipinski definition) is 5. The van der Waals surface area contributed by atoms with Crippen LogP contribution in [0.2, 0.25) is 0 Å². The molecule has 9 heteroatoms. The Morgan fingerprint density at radius 2 is 1.72 bits per heavy atom. The molecule has 29 heavy (non-hydrogen) atoms. The molecule has 1 N–H and O–H groups in total. The average Bonchev–Trinajstić information content (AvgIpc) is 2.74. The number of rotatable bonds is 7. The van der Waals surface area contributed by atoms with E-state index in [0.29, 0.717) is 0 Å². The van der Waals surface area contributed by atoms with Crippen LogP contribution >= 0.6 is 15.9 Å². The van der Waals surface area contributed by atoms with Crippen molar-refractivity contribution in [3.05, 3.63) is 89.0 Å². The topological polar surface area (TPSA) is 91.7 Å². The molecule has 7 nitrogen and oxygen atoms in total. The van der Waals surface area contributed by atoms with E-state index in [1.165, 1.54) is 30.6 Å². The number of halogens is 1. The van der Waals surface area contributed by atoms with E-state index in [2.05, 4.69) is 31.4 Å². The number of benzene rings is 2. The van der Waals surface area contributed by atoms with E-state index in [4.69, 9.17) is 0 Å². The number of hydrazone groups is 1. The molecule has 0 fully saturated rings. The van der Waals surface area contributed by atoms with Crippen LogP contribution in [-0.2, 0) is 14.8 Å². The molecule has 1 heterocycles. The van der Waals surface area contributed by atoms with Gasteiger partial charge in [-0.2, -0.15) is 5.10 Å². The number of anilines is 1. The first-order valence-corrected chi connectivity index (χ1v) is 10.8. The largest absolute Gasteiger partial charge is 0.271 e. The second-order valence-electron chi connectivity index (χ2n) is 5.86. The molecule has 0 aliphatic rings. The Labute approximate surface area is 177 Å². The third kappa shape index (κ3) is 5.49. The predicted molar refractivity (Wildman–Crippen MR) is 115 cm³/mol. The number of pyridine rings is 1. The molecule has 3 aromatic rings. The van der Waals surface area contributed by atoms with E-state index in [-0.39, 0.29) is 10.7 Å². The van der Waals surface area contributed by atoms with Gasteiger partial charge in [-0.15, -0.1) is 0 Å². The Balaban J connectivity index is 1.78. The Morgan fingerprint density at radius 1 is 1.03 bits per heavy atom. The first-order valence-electron chi connectivity index (χ1n) is 8.53. The molecular weight excluding hydrogens is 456 g/mol. The summed E-state index contributed by atoms with van der Waals surface area (Å²) in [6.45, 7) is -0.466. The molecule has 0 unspecified atom stereocenters. The molecule has 0 saturated carbocycles. The van der Waals surface area contributed by atoms with Gasteiger partial charge in [-0.05, 0) is 42.0 Å². The SMILES string of the molecule is O=C(CN(c1ccccn1)S(=O)(=O)c1ccccc1)NN=Cc1ccc(Br)cc1. The molecule has 148 valence electrons. The number of aromatic nitrogens is 1. The van der Waals surface area contributed by atoms with Gasteiger partial charge in [-0.3, -0.25) is 4.79 Å². The zero-order valence-electron chi connectivity index (χ0n) is 15.1. The summed E-state index contributed by atoms with van der Waals surface area (Å²) in [6, 6.07) is 20.1. The summed E-state index contributed by atoms with van der Waals surface area (Å²) < 4.78 is 28.0. The van der Waals surface area contributed by atoms with Crippen LogP contribution < -0.4 is 9.73 Å². The van der Waals surface area contributed by atoms with Gasteiger partial charge in [0.25, 0.3) is 15.9 Å². The van der Waals surface area contributed by atoms with E-state index in [1.807, 2.05) is 24.3 Å². The number of carbonyl (C=O) groups excluding carboxylic acids is 1. The fourth-order valence-corrected chi connectivity index (χ4v) is 4.06. The minimum Gasteiger partial charge on any atom is -0.271 e.